The van der Waals surface area contributed by atoms with Gasteiger partial charge in [0.25, 0.3) is 0 Å². The monoisotopic (exact) mass is 239 g/mol. The maximum atomic E-state index is 6.31. The number of nitrogens with one attached hydrogen (secondary N) is 1. The van der Waals surface area contributed by atoms with Gasteiger partial charge in [-0.05, 0) is 43.5 Å². The Morgan fingerprint density at radius 3 is 2.56 bits per heavy atom. The van der Waals surface area contributed by atoms with Crippen LogP contribution in [0.1, 0.15) is 43.9 Å². The predicted molar refractivity (Wildman–Crippen MR) is 72.1 cm³/mol. The average Bonchev–Trinajstić information content (AvgIpc) is 2.22. The average molecular weight is 240 g/mol. The Bertz CT molecular complexity index is 336. The SMILES string of the molecule is CCCC(C)C(NC)c1ccc(C)cc1Cl. The molecule has 0 amide bonds. The molecule has 0 fully saturated rings. The van der Waals surface area contributed by atoms with Crippen molar-refractivity contribution >= 4 is 11.6 Å². The number of aryl methyl sites for hydroxylation is 1. The number of rotatable bonds is 5. The summed E-state index contributed by atoms with van der Waals surface area (Å²) >= 11 is 6.31. The molecule has 16 heavy (non-hydrogen) atoms. The maximum absolute atomic E-state index is 6.31. The van der Waals surface area contributed by atoms with Crippen molar-refractivity contribution in [3.05, 3.63) is 34.3 Å². The maximum Gasteiger partial charge on any atom is 0.0456 e. The zero-order valence-electron chi connectivity index (χ0n) is 10.7. The normalized spacial score (nSPS) is 14.8. The molecule has 0 aliphatic rings. The summed E-state index contributed by atoms with van der Waals surface area (Å²) in [6, 6.07) is 6.67. The Morgan fingerprint density at radius 1 is 1.38 bits per heavy atom. The van der Waals surface area contributed by atoms with Crippen LogP contribution in [0.25, 0.3) is 0 Å². The third kappa shape index (κ3) is 3.23. The van der Waals surface area contributed by atoms with Crippen molar-refractivity contribution in [2.75, 3.05) is 7.05 Å². The highest BCUT2D eigenvalue weighted by atomic mass is 35.5. The Morgan fingerprint density at radius 2 is 2.06 bits per heavy atom. The fourth-order valence-corrected chi connectivity index (χ4v) is 2.61. The van der Waals surface area contributed by atoms with Gasteiger partial charge in [-0.3, -0.25) is 0 Å². The van der Waals surface area contributed by atoms with E-state index in [-0.39, 0.29) is 0 Å². The van der Waals surface area contributed by atoms with Crippen molar-refractivity contribution in [3.8, 4) is 0 Å². The summed E-state index contributed by atoms with van der Waals surface area (Å²) < 4.78 is 0. The topological polar surface area (TPSA) is 12.0 Å². The second kappa shape index (κ2) is 6.27. The lowest BCUT2D eigenvalue weighted by Crippen LogP contribution is -2.23. The van der Waals surface area contributed by atoms with E-state index in [1.54, 1.807) is 0 Å². The first kappa shape index (κ1) is 13.5. The molecule has 1 aromatic carbocycles. The van der Waals surface area contributed by atoms with Gasteiger partial charge in [0, 0.05) is 11.1 Å². The summed E-state index contributed by atoms with van der Waals surface area (Å²) in [4.78, 5) is 0. The van der Waals surface area contributed by atoms with Gasteiger partial charge in [-0.1, -0.05) is 44.0 Å². The highest BCUT2D eigenvalue weighted by molar-refractivity contribution is 6.31. The Balaban J connectivity index is 2.94. The van der Waals surface area contributed by atoms with E-state index in [1.165, 1.54) is 24.0 Å². The Hall–Kier alpha value is -0.530. The van der Waals surface area contributed by atoms with E-state index in [2.05, 4.69) is 38.2 Å². The van der Waals surface area contributed by atoms with Gasteiger partial charge in [0.2, 0.25) is 0 Å². The molecule has 90 valence electrons. The van der Waals surface area contributed by atoms with Crippen LogP contribution in [-0.2, 0) is 0 Å². The zero-order chi connectivity index (χ0) is 12.1. The van der Waals surface area contributed by atoms with Crippen LogP contribution in [0.3, 0.4) is 0 Å². The largest absolute Gasteiger partial charge is 0.313 e. The van der Waals surface area contributed by atoms with Gasteiger partial charge in [-0.2, -0.15) is 0 Å². The molecule has 1 aromatic rings. The van der Waals surface area contributed by atoms with Crippen molar-refractivity contribution in [1.29, 1.82) is 0 Å². The fraction of sp³-hybridized carbons (Fsp3) is 0.571. The minimum atomic E-state index is 0.355. The Kier molecular flexibility index (Phi) is 5.30. The standard InChI is InChI=1S/C14H22ClN/c1-5-6-11(3)14(16-4)12-8-7-10(2)9-13(12)15/h7-9,11,14,16H,5-6H2,1-4H3. The number of hydrogen-bond acceptors (Lipinski definition) is 1. The molecule has 2 unspecified atom stereocenters. The molecule has 2 atom stereocenters. The second-order valence-corrected chi connectivity index (χ2v) is 4.96. The molecule has 0 heterocycles. The highest BCUT2D eigenvalue weighted by Crippen LogP contribution is 2.30. The van der Waals surface area contributed by atoms with Crippen LogP contribution in [-0.4, -0.2) is 7.05 Å². The molecule has 0 saturated heterocycles. The van der Waals surface area contributed by atoms with E-state index in [0.717, 1.165) is 5.02 Å². The quantitative estimate of drug-likeness (QED) is 0.806. The molecule has 2 heteroatoms. The van der Waals surface area contributed by atoms with Crippen molar-refractivity contribution < 1.29 is 0 Å². The van der Waals surface area contributed by atoms with E-state index in [1.807, 2.05) is 13.1 Å². The van der Waals surface area contributed by atoms with Gasteiger partial charge in [0.15, 0.2) is 0 Å². The molecule has 0 saturated carbocycles. The fourth-order valence-electron chi connectivity index (χ4n) is 2.25. The molecule has 0 spiro atoms. The van der Waals surface area contributed by atoms with Crippen molar-refractivity contribution in [2.45, 2.75) is 39.7 Å². The lowest BCUT2D eigenvalue weighted by Gasteiger charge is -2.24. The van der Waals surface area contributed by atoms with Crippen LogP contribution >= 0.6 is 11.6 Å². The molecule has 0 bridgehead atoms. The van der Waals surface area contributed by atoms with Gasteiger partial charge >= 0.3 is 0 Å². The number of benzene rings is 1. The van der Waals surface area contributed by atoms with Crippen LogP contribution in [0.15, 0.2) is 18.2 Å². The van der Waals surface area contributed by atoms with Gasteiger partial charge < -0.3 is 5.32 Å². The molecule has 0 aliphatic carbocycles. The molecule has 0 radical (unpaired) electrons. The minimum Gasteiger partial charge on any atom is -0.313 e. The lowest BCUT2D eigenvalue weighted by molar-refractivity contribution is 0.384. The molecule has 0 aromatic heterocycles. The number of halogens is 1. The van der Waals surface area contributed by atoms with Gasteiger partial charge in [-0.25, -0.2) is 0 Å². The van der Waals surface area contributed by atoms with Crippen LogP contribution < -0.4 is 5.32 Å². The predicted octanol–water partition coefficient (Wildman–Crippen LogP) is 4.35. The smallest absolute Gasteiger partial charge is 0.0456 e. The molecular formula is C14H22ClN. The second-order valence-electron chi connectivity index (χ2n) is 4.56. The van der Waals surface area contributed by atoms with Crippen molar-refractivity contribution in [3.63, 3.8) is 0 Å². The molecule has 1 nitrogen and oxygen atoms in total. The van der Waals surface area contributed by atoms with E-state index < -0.39 is 0 Å². The van der Waals surface area contributed by atoms with Crippen LogP contribution in [0.2, 0.25) is 5.02 Å². The van der Waals surface area contributed by atoms with Crippen molar-refractivity contribution in [1.82, 2.24) is 5.32 Å². The van der Waals surface area contributed by atoms with E-state index in [0.29, 0.717) is 12.0 Å². The van der Waals surface area contributed by atoms with E-state index >= 15 is 0 Å². The van der Waals surface area contributed by atoms with Crippen molar-refractivity contribution in [2.24, 2.45) is 5.92 Å². The van der Waals surface area contributed by atoms with Crippen LogP contribution in [0.4, 0.5) is 0 Å². The third-order valence-electron chi connectivity index (χ3n) is 3.12. The first-order valence-electron chi connectivity index (χ1n) is 6.03. The third-order valence-corrected chi connectivity index (χ3v) is 3.44. The number of hydrogen-bond donors (Lipinski definition) is 1. The summed E-state index contributed by atoms with van der Waals surface area (Å²) in [5.41, 5.74) is 2.43. The summed E-state index contributed by atoms with van der Waals surface area (Å²) in [6.07, 6.45) is 2.43. The van der Waals surface area contributed by atoms with Gasteiger partial charge in [0.05, 0.1) is 0 Å². The van der Waals surface area contributed by atoms with E-state index in [4.69, 9.17) is 11.6 Å². The first-order valence-corrected chi connectivity index (χ1v) is 6.41. The summed E-state index contributed by atoms with van der Waals surface area (Å²) in [5, 5.41) is 4.26. The van der Waals surface area contributed by atoms with Gasteiger partial charge in [-0.15, -0.1) is 0 Å². The van der Waals surface area contributed by atoms with E-state index in [9.17, 15) is 0 Å². The lowest BCUT2D eigenvalue weighted by atomic mass is 9.90. The summed E-state index contributed by atoms with van der Waals surface area (Å²) in [5.74, 6) is 0.607. The molecular weight excluding hydrogens is 218 g/mol. The minimum absolute atomic E-state index is 0.355. The molecule has 0 aliphatic heterocycles. The Labute approximate surface area is 104 Å². The summed E-state index contributed by atoms with van der Waals surface area (Å²) in [7, 11) is 2.01. The molecule has 1 N–H and O–H groups in total. The zero-order valence-corrected chi connectivity index (χ0v) is 11.4. The van der Waals surface area contributed by atoms with Gasteiger partial charge in [0.1, 0.15) is 0 Å². The first-order chi connectivity index (χ1) is 7.60. The molecule has 1 rings (SSSR count). The van der Waals surface area contributed by atoms with Crippen LogP contribution in [0, 0.1) is 12.8 Å². The summed E-state index contributed by atoms with van der Waals surface area (Å²) in [6.45, 7) is 6.57. The van der Waals surface area contributed by atoms with Crippen LogP contribution in [0.5, 0.6) is 0 Å². The highest BCUT2D eigenvalue weighted by Gasteiger charge is 2.18.